The predicted octanol–water partition coefficient (Wildman–Crippen LogP) is 3.27. The molecule has 0 bridgehead atoms. The molecule has 0 spiro atoms. The second-order valence-electron chi connectivity index (χ2n) is 5.69. The number of benzene rings is 2. The fourth-order valence-corrected chi connectivity index (χ4v) is 2.11. The maximum atomic E-state index is 11.7. The van der Waals surface area contributed by atoms with Crippen LogP contribution in [-0.2, 0) is 11.4 Å². The molecule has 0 saturated carbocycles. The quantitative estimate of drug-likeness (QED) is 0.676. The van der Waals surface area contributed by atoms with Crippen molar-refractivity contribution in [3.8, 4) is 11.5 Å². The molecule has 0 atom stereocenters. The van der Waals surface area contributed by atoms with Gasteiger partial charge < -0.3 is 14.8 Å². The molecule has 2 rings (SSSR count). The highest BCUT2D eigenvalue weighted by atomic mass is 16.5. The normalized spacial score (nSPS) is 10.0. The van der Waals surface area contributed by atoms with Gasteiger partial charge in [0.1, 0.15) is 18.1 Å². The summed E-state index contributed by atoms with van der Waals surface area (Å²) >= 11 is 0. The molecule has 26 heavy (non-hydrogen) atoms. The van der Waals surface area contributed by atoms with Crippen LogP contribution in [0.25, 0.3) is 0 Å². The topological polar surface area (TPSA) is 76.7 Å². The van der Waals surface area contributed by atoms with Crippen LogP contribution in [0.4, 0.5) is 4.79 Å². The third-order valence-corrected chi connectivity index (χ3v) is 3.51. The Morgan fingerprint density at radius 3 is 2.23 bits per heavy atom. The summed E-state index contributed by atoms with van der Waals surface area (Å²) in [5.41, 5.74) is 1.08. The Balaban J connectivity index is 1.69. The van der Waals surface area contributed by atoms with Crippen LogP contribution in [0.5, 0.6) is 11.5 Å². The summed E-state index contributed by atoms with van der Waals surface area (Å²) in [6, 6.07) is 16.3. The number of imide groups is 1. The van der Waals surface area contributed by atoms with E-state index in [9.17, 15) is 9.59 Å². The molecule has 0 fully saturated rings. The van der Waals surface area contributed by atoms with E-state index in [2.05, 4.69) is 10.6 Å². The summed E-state index contributed by atoms with van der Waals surface area (Å²) in [7, 11) is 0. The molecule has 0 heterocycles. The molecule has 0 saturated heterocycles. The van der Waals surface area contributed by atoms with Gasteiger partial charge in [0.15, 0.2) is 6.61 Å². The van der Waals surface area contributed by atoms with Crippen molar-refractivity contribution in [1.29, 1.82) is 0 Å². The van der Waals surface area contributed by atoms with Crippen molar-refractivity contribution in [2.24, 2.45) is 0 Å². The fourth-order valence-electron chi connectivity index (χ4n) is 2.11. The highest BCUT2D eigenvalue weighted by molar-refractivity contribution is 5.94. The molecule has 0 aliphatic heterocycles. The van der Waals surface area contributed by atoms with E-state index in [1.54, 1.807) is 24.3 Å². The zero-order valence-electron chi connectivity index (χ0n) is 14.9. The third-order valence-electron chi connectivity index (χ3n) is 3.51. The van der Waals surface area contributed by atoms with Gasteiger partial charge in [-0.15, -0.1) is 0 Å². The van der Waals surface area contributed by atoms with Gasteiger partial charge in [0.05, 0.1) is 0 Å². The monoisotopic (exact) mass is 356 g/mol. The molecule has 2 aromatic carbocycles. The van der Waals surface area contributed by atoms with Crippen LogP contribution < -0.4 is 20.1 Å². The number of nitrogens with one attached hydrogen (secondary N) is 2. The summed E-state index contributed by atoms with van der Waals surface area (Å²) in [5.74, 6) is 0.739. The lowest BCUT2D eigenvalue weighted by atomic mass is 10.2. The van der Waals surface area contributed by atoms with Crippen LogP contribution in [0.3, 0.4) is 0 Å². The maximum absolute atomic E-state index is 11.7. The van der Waals surface area contributed by atoms with Crippen molar-refractivity contribution in [1.82, 2.24) is 10.6 Å². The van der Waals surface area contributed by atoms with E-state index in [1.807, 2.05) is 37.3 Å². The maximum Gasteiger partial charge on any atom is 0.321 e. The number of carbonyl (C=O) groups excluding carboxylic acids is 2. The Morgan fingerprint density at radius 1 is 0.923 bits per heavy atom. The van der Waals surface area contributed by atoms with Crippen LogP contribution in [0.15, 0.2) is 54.6 Å². The van der Waals surface area contributed by atoms with Crippen molar-refractivity contribution >= 4 is 11.9 Å². The van der Waals surface area contributed by atoms with Crippen molar-refractivity contribution in [3.63, 3.8) is 0 Å². The lowest BCUT2D eigenvalue weighted by Gasteiger charge is -2.09. The van der Waals surface area contributed by atoms with Crippen molar-refractivity contribution in [3.05, 3.63) is 60.2 Å². The first kappa shape index (κ1) is 19.3. The number of hydrogen-bond acceptors (Lipinski definition) is 4. The van der Waals surface area contributed by atoms with E-state index >= 15 is 0 Å². The van der Waals surface area contributed by atoms with Crippen molar-refractivity contribution < 1.29 is 19.1 Å². The Hall–Kier alpha value is -3.02. The minimum atomic E-state index is -0.503. The van der Waals surface area contributed by atoms with E-state index < -0.39 is 11.9 Å². The van der Waals surface area contributed by atoms with Gasteiger partial charge in [-0.3, -0.25) is 10.1 Å². The lowest BCUT2D eigenvalue weighted by Crippen LogP contribution is -2.41. The van der Waals surface area contributed by atoms with Crippen LogP contribution in [0.1, 0.15) is 25.3 Å². The van der Waals surface area contributed by atoms with Crippen molar-refractivity contribution in [2.45, 2.75) is 26.4 Å². The number of amides is 3. The Kier molecular flexibility index (Phi) is 7.99. The average Bonchev–Trinajstić information content (AvgIpc) is 2.66. The molecule has 138 valence electrons. The van der Waals surface area contributed by atoms with Gasteiger partial charge in [-0.05, 0) is 36.2 Å². The molecule has 0 aliphatic rings. The minimum Gasteiger partial charge on any atom is -0.489 e. The number of unbranched alkanes of at least 4 members (excludes halogenated alkanes) is 1. The number of hydrogen-bond donors (Lipinski definition) is 2. The van der Waals surface area contributed by atoms with E-state index in [0.717, 1.165) is 18.4 Å². The summed E-state index contributed by atoms with van der Waals surface area (Å²) < 4.78 is 11.0. The molecular weight excluding hydrogens is 332 g/mol. The van der Waals surface area contributed by atoms with Gasteiger partial charge in [-0.25, -0.2) is 4.79 Å². The number of rotatable bonds is 9. The summed E-state index contributed by atoms with van der Waals surface area (Å²) in [4.78, 5) is 23.1. The van der Waals surface area contributed by atoms with E-state index in [-0.39, 0.29) is 6.61 Å². The van der Waals surface area contributed by atoms with Crippen molar-refractivity contribution in [2.75, 3.05) is 13.2 Å². The second-order valence-corrected chi connectivity index (χ2v) is 5.69. The SMILES string of the molecule is CCCCNC(=O)NC(=O)COc1ccc(OCc2ccccc2)cc1. The highest BCUT2D eigenvalue weighted by Gasteiger charge is 2.08. The molecule has 6 heteroatoms. The molecule has 6 nitrogen and oxygen atoms in total. The second kappa shape index (κ2) is 10.8. The fraction of sp³-hybridized carbons (Fsp3) is 0.300. The van der Waals surface area contributed by atoms with Gasteiger partial charge in [-0.2, -0.15) is 0 Å². The predicted molar refractivity (Wildman–Crippen MR) is 99.2 cm³/mol. The minimum absolute atomic E-state index is 0.231. The van der Waals surface area contributed by atoms with E-state index in [0.29, 0.717) is 24.7 Å². The molecule has 0 aromatic heterocycles. The Morgan fingerprint density at radius 2 is 1.58 bits per heavy atom. The Labute approximate surface area is 153 Å². The van der Waals surface area contributed by atoms with E-state index in [4.69, 9.17) is 9.47 Å². The zero-order chi connectivity index (χ0) is 18.6. The lowest BCUT2D eigenvalue weighted by molar-refractivity contribution is -0.122. The van der Waals surface area contributed by atoms with Crippen LogP contribution in [-0.4, -0.2) is 25.1 Å². The number of urea groups is 1. The van der Waals surface area contributed by atoms with Crippen LogP contribution in [0, 0.1) is 0 Å². The summed E-state index contributed by atoms with van der Waals surface area (Å²) in [5, 5.41) is 4.82. The molecule has 0 radical (unpaired) electrons. The first-order valence-electron chi connectivity index (χ1n) is 8.64. The third kappa shape index (κ3) is 7.25. The van der Waals surface area contributed by atoms with Gasteiger partial charge in [0, 0.05) is 6.54 Å². The number of ether oxygens (including phenoxy) is 2. The summed E-state index contributed by atoms with van der Waals surface area (Å²) in [6.45, 7) is 2.82. The van der Waals surface area contributed by atoms with Crippen LogP contribution in [0.2, 0.25) is 0 Å². The largest absolute Gasteiger partial charge is 0.489 e. The van der Waals surface area contributed by atoms with Gasteiger partial charge in [0.2, 0.25) is 0 Å². The standard InChI is InChI=1S/C20H24N2O4/c1-2-3-13-21-20(24)22-19(23)15-26-18-11-9-17(10-12-18)25-14-16-7-5-4-6-8-16/h4-12H,2-3,13-15H2,1H3,(H2,21,22,23,24). The molecule has 0 aliphatic carbocycles. The molecule has 0 unspecified atom stereocenters. The molecular formula is C20H24N2O4. The smallest absolute Gasteiger partial charge is 0.321 e. The van der Waals surface area contributed by atoms with Crippen LogP contribution >= 0.6 is 0 Å². The molecule has 2 N–H and O–H groups in total. The Bertz CT molecular complexity index is 687. The highest BCUT2D eigenvalue weighted by Crippen LogP contribution is 2.18. The number of carbonyl (C=O) groups is 2. The average molecular weight is 356 g/mol. The summed E-state index contributed by atoms with van der Waals surface area (Å²) in [6.07, 6.45) is 1.85. The molecule has 3 amide bonds. The molecule has 2 aromatic rings. The zero-order valence-corrected chi connectivity index (χ0v) is 14.9. The first-order chi connectivity index (χ1) is 12.7. The van der Waals surface area contributed by atoms with Gasteiger partial charge >= 0.3 is 6.03 Å². The van der Waals surface area contributed by atoms with E-state index in [1.165, 1.54) is 0 Å². The van der Waals surface area contributed by atoms with Gasteiger partial charge in [-0.1, -0.05) is 43.7 Å². The first-order valence-corrected chi connectivity index (χ1v) is 8.64. The van der Waals surface area contributed by atoms with Gasteiger partial charge in [0.25, 0.3) is 5.91 Å².